The number of hydrogen-bond acceptors (Lipinski definition) is 3. The van der Waals surface area contributed by atoms with E-state index in [1.807, 2.05) is 0 Å². The molecule has 1 aromatic carbocycles. The van der Waals surface area contributed by atoms with E-state index in [0.29, 0.717) is 0 Å². The zero-order valence-electron chi connectivity index (χ0n) is 7.23. The predicted octanol–water partition coefficient (Wildman–Crippen LogP) is 2.48. The number of aliphatic hydroxyl groups is 1. The van der Waals surface area contributed by atoms with Crippen LogP contribution in [0.4, 0.5) is 0 Å². The van der Waals surface area contributed by atoms with Gasteiger partial charge < -0.3 is 5.11 Å². The number of rotatable bonds is 2. The highest BCUT2D eigenvalue weighted by Gasteiger charge is 2.60. The molecule has 0 bridgehead atoms. The maximum Gasteiger partial charge on any atom is 0.396 e. The summed E-state index contributed by atoms with van der Waals surface area (Å²) < 4.78 is -2.45. The van der Waals surface area contributed by atoms with E-state index < -0.39 is 14.4 Å². The van der Waals surface area contributed by atoms with Crippen LogP contribution in [0.3, 0.4) is 0 Å². The van der Waals surface area contributed by atoms with Crippen molar-refractivity contribution in [2.75, 3.05) is 0 Å². The van der Waals surface area contributed by atoms with Crippen LogP contribution < -0.4 is 0 Å². The molecule has 0 amide bonds. The molecule has 0 spiro atoms. The molecule has 1 unspecified atom stereocenters. The van der Waals surface area contributed by atoms with E-state index in [1.54, 1.807) is 6.07 Å². The lowest BCUT2D eigenvalue weighted by Crippen LogP contribution is -2.47. The Morgan fingerprint density at radius 1 is 1.20 bits per heavy atom. The second-order valence-electron chi connectivity index (χ2n) is 2.79. The van der Waals surface area contributed by atoms with E-state index in [4.69, 9.17) is 34.8 Å². The third kappa shape index (κ3) is 2.18. The first kappa shape index (κ1) is 12.5. The molecule has 0 aliphatic heterocycles. The van der Waals surface area contributed by atoms with E-state index in [1.165, 1.54) is 24.3 Å². The quantitative estimate of drug-likeness (QED) is 0.389. The minimum absolute atomic E-state index is 0.0880. The van der Waals surface area contributed by atoms with Crippen molar-refractivity contribution >= 4 is 34.8 Å². The fourth-order valence-corrected chi connectivity index (χ4v) is 1.58. The summed E-state index contributed by atoms with van der Waals surface area (Å²) in [6, 6.07) is 7.25. The number of halogens is 3. The van der Waals surface area contributed by atoms with Crippen molar-refractivity contribution in [3.05, 3.63) is 46.0 Å². The van der Waals surface area contributed by atoms with Crippen molar-refractivity contribution in [2.45, 2.75) is 9.52 Å². The topological polar surface area (TPSA) is 63.4 Å². The first-order valence-corrected chi connectivity index (χ1v) is 4.92. The van der Waals surface area contributed by atoms with Gasteiger partial charge in [0.25, 0.3) is 3.79 Å². The number of nitro groups is 1. The van der Waals surface area contributed by atoms with Gasteiger partial charge in [-0.05, 0) is 12.1 Å². The van der Waals surface area contributed by atoms with E-state index in [2.05, 4.69) is 0 Å². The third-order valence-electron chi connectivity index (χ3n) is 1.84. The summed E-state index contributed by atoms with van der Waals surface area (Å²) in [5.74, 6) is 0. The highest BCUT2D eigenvalue weighted by atomic mass is 35.6. The van der Waals surface area contributed by atoms with Crippen LogP contribution in [0.2, 0.25) is 0 Å². The molecular weight excluding hydrogens is 264 g/mol. The Balaban J connectivity index is 3.32. The Morgan fingerprint density at radius 3 is 2.00 bits per heavy atom. The molecule has 0 fully saturated rings. The average Bonchev–Trinajstić information content (AvgIpc) is 2.16. The number of nitrogens with zero attached hydrogens (tertiary/aromatic N) is 1. The van der Waals surface area contributed by atoms with Gasteiger partial charge in [0, 0.05) is 0 Å². The van der Waals surface area contributed by atoms with Crippen molar-refractivity contribution in [1.82, 2.24) is 0 Å². The molecule has 0 aromatic heterocycles. The van der Waals surface area contributed by atoms with Crippen LogP contribution >= 0.6 is 34.8 Å². The molecule has 0 aliphatic carbocycles. The first-order valence-electron chi connectivity index (χ1n) is 3.79. The van der Waals surface area contributed by atoms with Crippen LogP contribution in [-0.4, -0.2) is 13.8 Å². The molecule has 0 radical (unpaired) electrons. The minimum Gasteiger partial charge on any atom is -0.323 e. The number of benzene rings is 1. The lowest BCUT2D eigenvalue weighted by atomic mass is 10.1. The van der Waals surface area contributed by atoms with E-state index in [9.17, 15) is 15.2 Å². The fourth-order valence-electron chi connectivity index (χ4n) is 1.04. The van der Waals surface area contributed by atoms with Crippen LogP contribution in [0.5, 0.6) is 0 Å². The second kappa shape index (κ2) is 4.14. The third-order valence-corrected chi connectivity index (χ3v) is 2.63. The molecule has 1 aromatic rings. The smallest absolute Gasteiger partial charge is 0.323 e. The Labute approximate surface area is 101 Å². The fraction of sp³-hybridized carbons (Fsp3) is 0.250. The van der Waals surface area contributed by atoms with Crippen molar-refractivity contribution < 1.29 is 10.0 Å². The Kier molecular flexibility index (Phi) is 3.45. The van der Waals surface area contributed by atoms with Crippen molar-refractivity contribution in [3.63, 3.8) is 0 Å². The predicted molar refractivity (Wildman–Crippen MR) is 57.6 cm³/mol. The summed E-state index contributed by atoms with van der Waals surface area (Å²) in [5.41, 5.74) is -2.84. The highest BCUT2D eigenvalue weighted by Crippen LogP contribution is 2.45. The van der Waals surface area contributed by atoms with Gasteiger partial charge in [0.05, 0.1) is 10.5 Å². The summed E-state index contributed by atoms with van der Waals surface area (Å²) in [6.07, 6.45) is 0. The van der Waals surface area contributed by atoms with Gasteiger partial charge >= 0.3 is 5.72 Å². The SMILES string of the molecule is O=[N+]([O-])C(O)(c1ccccc1)C(Cl)(Cl)Cl. The van der Waals surface area contributed by atoms with E-state index >= 15 is 0 Å². The summed E-state index contributed by atoms with van der Waals surface area (Å²) in [6.45, 7) is 0. The van der Waals surface area contributed by atoms with Gasteiger partial charge in [-0.3, -0.25) is 10.1 Å². The second-order valence-corrected chi connectivity index (χ2v) is 5.07. The van der Waals surface area contributed by atoms with Crippen LogP contribution in [0.15, 0.2) is 30.3 Å². The van der Waals surface area contributed by atoms with Gasteiger partial charge in [0.1, 0.15) is 0 Å². The van der Waals surface area contributed by atoms with Gasteiger partial charge in [-0.1, -0.05) is 53.0 Å². The monoisotopic (exact) mass is 269 g/mol. The van der Waals surface area contributed by atoms with Crippen LogP contribution in [-0.2, 0) is 5.72 Å². The van der Waals surface area contributed by atoms with E-state index in [0.717, 1.165) is 0 Å². The maximum absolute atomic E-state index is 10.8. The van der Waals surface area contributed by atoms with Gasteiger partial charge in [-0.25, -0.2) is 0 Å². The molecule has 0 aliphatic rings. The van der Waals surface area contributed by atoms with Crippen molar-refractivity contribution in [1.29, 1.82) is 0 Å². The normalized spacial score (nSPS) is 15.7. The molecular formula is C8H6Cl3NO3. The molecule has 0 saturated carbocycles. The Bertz CT molecular complexity index is 365. The number of alkyl halides is 3. The molecule has 1 rings (SSSR count). The lowest BCUT2D eigenvalue weighted by molar-refractivity contribution is -0.635. The maximum atomic E-state index is 10.8. The first-order chi connectivity index (χ1) is 6.80. The number of hydrogen-bond donors (Lipinski definition) is 1. The molecule has 82 valence electrons. The molecule has 1 atom stereocenters. The van der Waals surface area contributed by atoms with Gasteiger partial charge in [0.15, 0.2) is 0 Å². The Hall–Kier alpha value is -0.550. The van der Waals surface area contributed by atoms with Gasteiger partial charge in [-0.15, -0.1) is 0 Å². The summed E-state index contributed by atoms with van der Waals surface area (Å²) in [7, 11) is 0. The zero-order chi connectivity index (χ0) is 11.7. The van der Waals surface area contributed by atoms with Crippen LogP contribution in [0.1, 0.15) is 5.56 Å². The standard InChI is InChI=1S/C8H6Cl3NO3/c9-8(10,11)7(13,12(14)15)6-4-2-1-3-5-6/h1-5,13H. The molecule has 1 N–H and O–H groups in total. The van der Waals surface area contributed by atoms with Gasteiger partial charge in [-0.2, -0.15) is 0 Å². The Morgan fingerprint density at radius 2 is 1.67 bits per heavy atom. The molecule has 7 heteroatoms. The zero-order valence-corrected chi connectivity index (χ0v) is 9.50. The molecule has 0 heterocycles. The average molecular weight is 270 g/mol. The van der Waals surface area contributed by atoms with Gasteiger partial charge in [0.2, 0.25) is 0 Å². The summed E-state index contributed by atoms with van der Waals surface area (Å²) >= 11 is 16.2. The largest absolute Gasteiger partial charge is 0.396 e. The van der Waals surface area contributed by atoms with Crippen LogP contribution in [0, 0.1) is 10.1 Å². The molecule has 4 nitrogen and oxygen atoms in total. The summed E-state index contributed by atoms with van der Waals surface area (Å²) in [5, 5.41) is 20.6. The van der Waals surface area contributed by atoms with Crippen molar-refractivity contribution in [3.8, 4) is 0 Å². The minimum atomic E-state index is -2.75. The highest BCUT2D eigenvalue weighted by molar-refractivity contribution is 6.68. The molecule has 15 heavy (non-hydrogen) atoms. The van der Waals surface area contributed by atoms with Crippen molar-refractivity contribution in [2.24, 2.45) is 0 Å². The van der Waals surface area contributed by atoms with Crippen LogP contribution in [0.25, 0.3) is 0 Å². The molecule has 0 saturated heterocycles. The lowest BCUT2D eigenvalue weighted by Gasteiger charge is -2.25. The van der Waals surface area contributed by atoms with E-state index in [-0.39, 0.29) is 5.56 Å². The summed E-state index contributed by atoms with van der Waals surface area (Å²) in [4.78, 5) is 9.74.